The molecule has 1 fully saturated rings. The van der Waals surface area contributed by atoms with Crippen molar-refractivity contribution in [3.63, 3.8) is 0 Å². The normalized spacial score (nSPS) is 17.1. The van der Waals surface area contributed by atoms with Crippen molar-refractivity contribution in [3.8, 4) is 17.2 Å². The fraction of sp³-hybridized carbons (Fsp3) is 0.423. The van der Waals surface area contributed by atoms with E-state index in [0.717, 1.165) is 48.4 Å². The zero-order valence-electron chi connectivity index (χ0n) is 20.1. The van der Waals surface area contributed by atoms with Gasteiger partial charge in [0.1, 0.15) is 22.8 Å². The summed E-state index contributed by atoms with van der Waals surface area (Å²) in [6, 6.07) is 13.1. The number of hydrogen-bond donors (Lipinski definition) is 2. The van der Waals surface area contributed by atoms with Gasteiger partial charge >= 0.3 is 5.97 Å². The molecule has 35 heavy (non-hydrogen) atoms. The minimum Gasteiger partial charge on any atom is -0.495 e. The molecule has 0 amide bonds. The molecule has 2 N–H and O–H groups in total. The molecule has 0 aromatic heterocycles. The Labute approximate surface area is 211 Å². The number of thiocarbonyl (C=S) groups is 1. The summed E-state index contributed by atoms with van der Waals surface area (Å²) in [4.78, 5) is 11.7. The van der Waals surface area contributed by atoms with Gasteiger partial charge in [-0.25, -0.2) is 4.79 Å². The van der Waals surface area contributed by atoms with Gasteiger partial charge in [0.05, 0.1) is 25.1 Å². The first kappa shape index (κ1) is 24.8. The van der Waals surface area contributed by atoms with Crippen molar-refractivity contribution in [3.05, 3.63) is 48.0 Å². The maximum Gasteiger partial charge on any atom is 0.344 e. The molecule has 2 aliphatic rings. The number of ether oxygens (including phenoxy) is 4. The fourth-order valence-corrected chi connectivity index (χ4v) is 4.67. The first-order valence-corrected chi connectivity index (χ1v) is 12.3. The molecule has 4 rings (SSSR count). The standard InChI is InChI=1S/C26H31N3O5S/c1-3-32-24(30)17-33-18-11-12-22-19(15-18)21(16-26(34-22)13-7-4-8-14-26)28-29-25(35)27-20-9-5-6-10-23(20)31-2/h5-6,9-12,15H,3-4,7-8,13-14,16-17H2,1-2H3,(H2,27,29,35). The lowest BCUT2D eigenvalue weighted by Gasteiger charge is -2.41. The molecular formula is C26H31N3O5S. The van der Waals surface area contributed by atoms with Crippen LogP contribution in [0.4, 0.5) is 5.69 Å². The van der Waals surface area contributed by atoms with E-state index in [0.29, 0.717) is 29.6 Å². The van der Waals surface area contributed by atoms with E-state index in [1.54, 1.807) is 20.1 Å². The van der Waals surface area contributed by atoms with Gasteiger partial charge in [-0.1, -0.05) is 18.6 Å². The summed E-state index contributed by atoms with van der Waals surface area (Å²) >= 11 is 5.49. The predicted molar refractivity (Wildman–Crippen MR) is 139 cm³/mol. The lowest BCUT2D eigenvalue weighted by molar-refractivity contribution is -0.145. The monoisotopic (exact) mass is 497 g/mol. The molecule has 0 unspecified atom stereocenters. The van der Waals surface area contributed by atoms with Crippen molar-refractivity contribution in [1.29, 1.82) is 0 Å². The largest absolute Gasteiger partial charge is 0.495 e. The molecule has 9 heteroatoms. The molecule has 2 aromatic carbocycles. The molecule has 0 atom stereocenters. The Bertz CT molecular complexity index is 1100. The molecule has 1 spiro atoms. The van der Waals surface area contributed by atoms with E-state index in [9.17, 15) is 4.79 Å². The molecule has 1 heterocycles. The van der Waals surface area contributed by atoms with Crippen LogP contribution in [0, 0.1) is 0 Å². The first-order chi connectivity index (χ1) is 17.0. The smallest absolute Gasteiger partial charge is 0.344 e. The Balaban J connectivity index is 1.55. The van der Waals surface area contributed by atoms with Crippen molar-refractivity contribution >= 4 is 34.7 Å². The molecule has 1 aliphatic heterocycles. The van der Waals surface area contributed by atoms with Gasteiger partial charge in [-0.05, 0) is 75.2 Å². The Morgan fingerprint density at radius 3 is 2.74 bits per heavy atom. The first-order valence-electron chi connectivity index (χ1n) is 11.9. The van der Waals surface area contributed by atoms with E-state index in [-0.39, 0.29) is 12.2 Å². The maximum absolute atomic E-state index is 11.7. The zero-order chi connectivity index (χ0) is 24.7. The Kier molecular flexibility index (Phi) is 8.07. The number of esters is 1. The number of fused-ring (bicyclic) bond motifs is 1. The van der Waals surface area contributed by atoms with Gasteiger partial charge in [-0.3, -0.25) is 5.43 Å². The fourth-order valence-electron chi connectivity index (χ4n) is 4.52. The summed E-state index contributed by atoms with van der Waals surface area (Å²) in [6.45, 7) is 1.92. The lowest BCUT2D eigenvalue weighted by Crippen LogP contribution is -2.44. The van der Waals surface area contributed by atoms with Crippen molar-refractivity contribution in [2.24, 2.45) is 5.10 Å². The molecular weight excluding hydrogens is 466 g/mol. The Morgan fingerprint density at radius 1 is 1.17 bits per heavy atom. The summed E-state index contributed by atoms with van der Waals surface area (Å²) in [5, 5.41) is 8.17. The van der Waals surface area contributed by atoms with Crippen LogP contribution in [0.25, 0.3) is 0 Å². The minimum atomic E-state index is -0.411. The van der Waals surface area contributed by atoms with E-state index < -0.39 is 5.97 Å². The number of nitrogens with one attached hydrogen (secondary N) is 2. The summed E-state index contributed by atoms with van der Waals surface area (Å²) in [5.41, 5.74) is 5.11. The van der Waals surface area contributed by atoms with Gasteiger partial charge in [0, 0.05) is 12.0 Å². The average molecular weight is 498 g/mol. The molecule has 186 valence electrons. The van der Waals surface area contributed by atoms with Crippen LogP contribution in [0.1, 0.15) is 51.0 Å². The number of anilines is 1. The van der Waals surface area contributed by atoms with E-state index in [1.165, 1.54) is 6.42 Å². The zero-order valence-corrected chi connectivity index (χ0v) is 20.9. The van der Waals surface area contributed by atoms with Gasteiger partial charge in [0.15, 0.2) is 11.7 Å². The Hall–Kier alpha value is -3.33. The summed E-state index contributed by atoms with van der Waals surface area (Å²) < 4.78 is 22.5. The highest BCUT2D eigenvalue weighted by molar-refractivity contribution is 7.80. The topological polar surface area (TPSA) is 90.4 Å². The third-order valence-corrected chi connectivity index (χ3v) is 6.35. The average Bonchev–Trinajstić information content (AvgIpc) is 2.87. The highest BCUT2D eigenvalue weighted by Gasteiger charge is 2.40. The second kappa shape index (κ2) is 11.4. The van der Waals surface area contributed by atoms with Gasteiger partial charge in [0.2, 0.25) is 0 Å². The molecule has 0 radical (unpaired) electrons. The Morgan fingerprint density at radius 2 is 1.97 bits per heavy atom. The molecule has 2 aromatic rings. The van der Waals surface area contributed by atoms with Crippen molar-refractivity contribution in [2.75, 3.05) is 25.6 Å². The van der Waals surface area contributed by atoms with Crippen molar-refractivity contribution < 1.29 is 23.7 Å². The maximum atomic E-state index is 11.7. The van der Waals surface area contributed by atoms with Crippen molar-refractivity contribution in [2.45, 2.75) is 51.0 Å². The van der Waals surface area contributed by atoms with Gasteiger partial charge < -0.3 is 24.3 Å². The summed E-state index contributed by atoms with van der Waals surface area (Å²) in [6.07, 6.45) is 6.10. The number of carbonyl (C=O) groups excluding carboxylic acids is 1. The third-order valence-electron chi connectivity index (χ3n) is 6.15. The van der Waals surface area contributed by atoms with Gasteiger partial charge in [-0.15, -0.1) is 0 Å². The van der Waals surface area contributed by atoms with Crippen LogP contribution in [-0.2, 0) is 9.53 Å². The predicted octanol–water partition coefficient (Wildman–Crippen LogP) is 4.81. The molecule has 1 aliphatic carbocycles. The highest BCUT2D eigenvalue weighted by atomic mass is 32.1. The number of hydrazone groups is 1. The van der Waals surface area contributed by atoms with E-state index in [2.05, 4.69) is 15.8 Å². The molecule has 1 saturated carbocycles. The van der Waals surface area contributed by atoms with Crippen LogP contribution in [0.2, 0.25) is 0 Å². The molecule has 0 bridgehead atoms. The quantitative estimate of drug-likeness (QED) is 0.320. The van der Waals surface area contributed by atoms with Crippen LogP contribution >= 0.6 is 12.2 Å². The van der Waals surface area contributed by atoms with Crippen LogP contribution in [0.5, 0.6) is 17.2 Å². The van der Waals surface area contributed by atoms with Crippen LogP contribution in [0.15, 0.2) is 47.6 Å². The minimum absolute atomic E-state index is 0.158. The van der Waals surface area contributed by atoms with E-state index >= 15 is 0 Å². The van der Waals surface area contributed by atoms with Crippen LogP contribution in [0.3, 0.4) is 0 Å². The number of nitrogens with zero attached hydrogens (tertiary/aromatic N) is 1. The second-order valence-corrected chi connectivity index (χ2v) is 9.01. The van der Waals surface area contributed by atoms with Gasteiger partial charge in [-0.2, -0.15) is 5.10 Å². The number of benzene rings is 2. The molecule has 8 nitrogen and oxygen atoms in total. The third kappa shape index (κ3) is 6.22. The summed E-state index contributed by atoms with van der Waals surface area (Å²) in [5.74, 6) is 1.57. The number of carbonyl (C=O) groups is 1. The van der Waals surface area contributed by atoms with Gasteiger partial charge in [0.25, 0.3) is 0 Å². The number of hydrogen-bond acceptors (Lipinski definition) is 7. The SMILES string of the molecule is CCOC(=O)COc1ccc2c(c1)C(=NNC(=S)Nc1ccccc1OC)CC1(CCCCC1)O2. The highest BCUT2D eigenvalue weighted by Crippen LogP contribution is 2.43. The lowest BCUT2D eigenvalue weighted by atomic mass is 9.78. The van der Waals surface area contributed by atoms with Crippen LogP contribution < -0.4 is 25.0 Å². The number of para-hydroxylation sites is 2. The van der Waals surface area contributed by atoms with Crippen molar-refractivity contribution in [1.82, 2.24) is 5.43 Å². The molecule has 0 saturated heterocycles. The number of methoxy groups -OCH3 is 1. The summed E-state index contributed by atoms with van der Waals surface area (Å²) in [7, 11) is 1.61. The van der Waals surface area contributed by atoms with Crippen LogP contribution in [-0.4, -0.2) is 42.7 Å². The van der Waals surface area contributed by atoms with E-state index in [1.807, 2.05) is 36.4 Å². The second-order valence-electron chi connectivity index (χ2n) is 8.60. The number of rotatable bonds is 7. The van der Waals surface area contributed by atoms with E-state index in [4.69, 9.17) is 31.2 Å².